The van der Waals surface area contributed by atoms with Gasteiger partial charge in [-0.15, -0.1) is 0 Å². The Labute approximate surface area is 264 Å². The number of rotatable bonds is 18. The van der Waals surface area contributed by atoms with Crippen LogP contribution in [0, 0.1) is 5.92 Å². The minimum absolute atomic E-state index is 0.187. The molecule has 0 unspecified atom stereocenters. The molecule has 4 atom stereocenters. The summed E-state index contributed by atoms with van der Waals surface area (Å²) >= 11 is 0. The van der Waals surface area contributed by atoms with Gasteiger partial charge in [0.15, 0.2) is 5.78 Å². The Balaban J connectivity index is 2.26. The van der Waals surface area contributed by atoms with Gasteiger partial charge < -0.3 is 36.6 Å². The van der Waals surface area contributed by atoms with Crippen molar-refractivity contribution < 1.29 is 53.7 Å². The number of amides is 4. The summed E-state index contributed by atoms with van der Waals surface area (Å²) in [6.45, 7) is 4.16. The molecule has 4 amide bonds. The van der Waals surface area contributed by atoms with Crippen LogP contribution in [0.3, 0.4) is 0 Å². The van der Waals surface area contributed by atoms with Gasteiger partial charge in [-0.3, -0.25) is 38.4 Å². The zero-order valence-corrected chi connectivity index (χ0v) is 25.6. The van der Waals surface area contributed by atoms with Crippen molar-refractivity contribution in [3.8, 4) is 0 Å². The standard InChI is InChI=1S/C31H38N4O11/c1-16(2)28(35-29(44)21(11-12-25(38)39)33-30(45)23(15-27(42)43)32-17(3)36)31(46)34-22(14-26(40)41)24(37)13-19-9-6-8-18-7-4-5-10-20(18)19/h4-10,16,21-23,28H,11-15H2,1-3H3,(H,32,36)(H,33,45)(H,34,46)(H,35,44)(H,38,39)(H,40,41)(H,42,43)/t21-,22-,23-,28-/m0/s1. The number of benzene rings is 2. The highest BCUT2D eigenvalue weighted by molar-refractivity contribution is 5.99. The molecule has 2 aromatic carbocycles. The lowest BCUT2D eigenvalue weighted by Crippen LogP contribution is -2.59. The van der Waals surface area contributed by atoms with E-state index in [1.54, 1.807) is 32.0 Å². The van der Waals surface area contributed by atoms with Crippen LogP contribution in [0.25, 0.3) is 10.8 Å². The number of carboxylic acid groups (broad SMARTS) is 3. The van der Waals surface area contributed by atoms with Gasteiger partial charge in [0, 0.05) is 19.8 Å². The second-order valence-electron chi connectivity index (χ2n) is 11.0. The third kappa shape index (κ3) is 11.6. The largest absolute Gasteiger partial charge is 0.481 e. The summed E-state index contributed by atoms with van der Waals surface area (Å²) in [7, 11) is 0. The highest BCUT2D eigenvalue weighted by Crippen LogP contribution is 2.20. The number of nitrogens with one attached hydrogen (secondary N) is 4. The van der Waals surface area contributed by atoms with E-state index in [4.69, 9.17) is 10.2 Å². The second-order valence-corrected chi connectivity index (χ2v) is 11.0. The minimum Gasteiger partial charge on any atom is -0.481 e. The molecule has 2 aromatic rings. The highest BCUT2D eigenvalue weighted by Gasteiger charge is 2.33. The molecule has 0 saturated carbocycles. The van der Waals surface area contributed by atoms with Crippen molar-refractivity contribution in [3.05, 3.63) is 48.0 Å². The number of hydrogen-bond acceptors (Lipinski definition) is 8. The molecule has 0 saturated heterocycles. The van der Waals surface area contributed by atoms with E-state index in [0.717, 1.165) is 17.7 Å². The van der Waals surface area contributed by atoms with E-state index < -0.39 is 103 Å². The maximum Gasteiger partial charge on any atom is 0.305 e. The van der Waals surface area contributed by atoms with Gasteiger partial charge in [-0.2, -0.15) is 0 Å². The van der Waals surface area contributed by atoms with Gasteiger partial charge in [-0.05, 0) is 28.7 Å². The number of Topliss-reactive ketones (excluding diaryl/α,β-unsaturated/α-hetero) is 1. The van der Waals surface area contributed by atoms with Crippen molar-refractivity contribution in [1.29, 1.82) is 0 Å². The fourth-order valence-corrected chi connectivity index (χ4v) is 4.67. The third-order valence-corrected chi connectivity index (χ3v) is 6.93. The van der Waals surface area contributed by atoms with E-state index in [2.05, 4.69) is 21.3 Å². The highest BCUT2D eigenvalue weighted by atomic mass is 16.4. The Morgan fingerprint density at radius 1 is 0.652 bits per heavy atom. The smallest absolute Gasteiger partial charge is 0.305 e. The number of carbonyl (C=O) groups is 8. The van der Waals surface area contributed by atoms with E-state index in [9.17, 15) is 43.5 Å². The zero-order valence-electron chi connectivity index (χ0n) is 25.6. The summed E-state index contributed by atoms with van der Waals surface area (Å²) in [4.78, 5) is 98.3. The van der Waals surface area contributed by atoms with Crippen LogP contribution in [0.5, 0.6) is 0 Å². The van der Waals surface area contributed by atoms with Gasteiger partial charge in [0.1, 0.15) is 18.1 Å². The molecule has 0 spiro atoms. The fraction of sp³-hybridized carbons (Fsp3) is 0.419. The van der Waals surface area contributed by atoms with Gasteiger partial charge in [-0.25, -0.2) is 0 Å². The number of carbonyl (C=O) groups excluding carboxylic acids is 5. The summed E-state index contributed by atoms with van der Waals surface area (Å²) < 4.78 is 0. The first-order valence-corrected chi connectivity index (χ1v) is 14.4. The lowest BCUT2D eigenvalue weighted by atomic mass is 9.96. The predicted octanol–water partition coefficient (Wildman–Crippen LogP) is 0.381. The summed E-state index contributed by atoms with van der Waals surface area (Å²) in [5.41, 5.74) is 0.624. The van der Waals surface area contributed by atoms with E-state index in [1.165, 1.54) is 0 Å². The Morgan fingerprint density at radius 3 is 1.80 bits per heavy atom. The predicted molar refractivity (Wildman–Crippen MR) is 162 cm³/mol. The first-order valence-electron chi connectivity index (χ1n) is 14.4. The lowest BCUT2D eigenvalue weighted by Gasteiger charge is -2.27. The maximum absolute atomic E-state index is 13.4. The quantitative estimate of drug-likeness (QED) is 0.117. The molecular weight excluding hydrogens is 604 g/mol. The van der Waals surface area contributed by atoms with Crippen LogP contribution in [0.1, 0.15) is 52.0 Å². The Bertz CT molecular complexity index is 1470. The van der Waals surface area contributed by atoms with Crippen molar-refractivity contribution in [2.45, 2.75) is 77.0 Å². The van der Waals surface area contributed by atoms with Crippen LogP contribution in [0.2, 0.25) is 0 Å². The molecule has 15 nitrogen and oxygen atoms in total. The van der Waals surface area contributed by atoms with E-state index in [0.29, 0.717) is 5.56 Å². The molecule has 15 heteroatoms. The van der Waals surface area contributed by atoms with Gasteiger partial charge >= 0.3 is 17.9 Å². The molecule has 0 aliphatic rings. The normalized spacial score (nSPS) is 13.5. The monoisotopic (exact) mass is 642 g/mol. The topological polar surface area (TPSA) is 245 Å². The zero-order chi connectivity index (χ0) is 34.6. The average Bonchev–Trinajstić information content (AvgIpc) is 2.96. The van der Waals surface area contributed by atoms with E-state index in [1.807, 2.05) is 24.3 Å². The van der Waals surface area contributed by atoms with Gasteiger partial charge in [0.2, 0.25) is 23.6 Å². The summed E-state index contributed by atoms with van der Waals surface area (Å²) in [6, 6.07) is 6.65. The van der Waals surface area contributed by atoms with Crippen molar-refractivity contribution in [2.75, 3.05) is 0 Å². The number of ketones is 1. The maximum atomic E-state index is 13.4. The van der Waals surface area contributed by atoms with Crippen molar-refractivity contribution >= 4 is 58.1 Å². The Kier molecular flexibility index (Phi) is 13.8. The summed E-state index contributed by atoms with van der Waals surface area (Å²) in [5, 5.41) is 38.6. The molecule has 0 aliphatic carbocycles. The van der Waals surface area contributed by atoms with Gasteiger partial charge in [0.05, 0.1) is 18.9 Å². The van der Waals surface area contributed by atoms with Crippen molar-refractivity contribution in [2.24, 2.45) is 5.92 Å². The number of fused-ring (bicyclic) bond motifs is 1. The molecule has 0 aliphatic heterocycles. The van der Waals surface area contributed by atoms with Gasteiger partial charge in [-0.1, -0.05) is 56.3 Å². The van der Waals surface area contributed by atoms with E-state index in [-0.39, 0.29) is 6.42 Å². The number of aliphatic carboxylic acids is 3. The molecule has 0 radical (unpaired) electrons. The minimum atomic E-state index is -1.58. The van der Waals surface area contributed by atoms with Crippen LogP contribution in [0.4, 0.5) is 0 Å². The van der Waals surface area contributed by atoms with Crippen LogP contribution >= 0.6 is 0 Å². The van der Waals surface area contributed by atoms with Gasteiger partial charge in [0.25, 0.3) is 0 Å². The average molecular weight is 643 g/mol. The van der Waals surface area contributed by atoms with Crippen LogP contribution in [-0.2, 0) is 44.8 Å². The molecule has 248 valence electrons. The van der Waals surface area contributed by atoms with Crippen LogP contribution in [-0.4, -0.2) is 86.8 Å². The van der Waals surface area contributed by atoms with Crippen LogP contribution in [0.15, 0.2) is 42.5 Å². The molecule has 46 heavy (non-hydrogen) atoms. The summed E-state index contributed by atoms with van der Waals surface area (Å²) in [6.07, 6.45) is -2.80. The lowest BCUT2D eigenvalue weighted by molar-refractivity contribution is -0.142. The first kappa shape index (κ1) is 36.8. The summed E-state index contributed by atoms with van der Waals surface area (Å²) in [5.74, 6) is -9.01. The molecular formula is C31H38N4O11. The number of carboxylic acids is 3. The van der Waals surface area contributed by atoms with Crippen molar-refractivity contribution in [3.63, 3.8) is 0 Å². The molecule has 7 N–H and O–H groups in total. The van der Waals surface area contributed by atoms with E-state index >= 15 is 0 Å². The first-order chi connectivity index (χ1) is 21.6. The number of hydrogen-bond donors (Lipinski definition) is 7. The molecule has 0 aromatic heterocycles. The molecule has 0 heterocycles. The second kappa shape index (κ2) is 17.2. The molecule has 0 fully saturated rings. The third-order valence-electron chi connectivity index (χ3n) is 6.93. The SMILES string of the molecule is CC(=O)N[C@@H](CC(=O)O)C(=O)N[C@@H](CCC(=O)O)C(=O)N[C@H](C(=O)N[C@@H](CC(=O)O)C(=O)Cc1cccc2ccccc12)C(C)C. The molecule has 0 bridgehead atoms. The van der Waals surface area contributed by atoms with Crippen LogP contribution < -0.4 is 21.3 Å². The fourth-order valence-electron chi connectivity index (χ4n) is 4.67. The Morgan fingerprint density at radius 2 is 1.22 bits per heavy atom. The Hall–Kier alpha value is -5.34. The van der Waals surface area contributed by atoms with Crippen molar-refractivity contribution in [1.82, 2.24) is 21.3 Å². The molecule has 2 rings (SSSR count).